The minimum atomic E-state index is -3.16. The lowest BCUT2D eigenvalue weighted by atomic mass is 10.1. The van der Waals surface area contributed by atoms with E-state index >= 15 is 0 Å². The lowest BCUT2D eigenvalue weighted by Crippen LogP contribution is -2.51. The number of sulfonamides is 1. The van der Waals surface area contributed by atoms with Gasteiger partial charge in [0, 0.05) is 26.2 Å². The van der Waals surface area contributed by atoms with Gasteiger partial charge in [0.2, 0.25) is 15.9 Å². The molecule has 128 valence electrons. The van der Waals surface area contributed by atoms with Crippen molar-refractivity contribution in [1.82, 2.24) is 9.21 Å². The molecule has 1 amide bonds. The monoisotopic (exact) mass is 340 g/mol. The van der Waals surface area contributed by atoms with Crippen LogP contribution in [-0.4, -0.2) is 62.6 Å². The number of carbonyl (C=O) groups excluding carboxylic acids is 1. The van der Waals surface area contributed by atoms with Gasteiger partial charge in [-0.05, 0) is 31.0 Å². The first-order valence-electron chi connectivity index (χ1n) is 7.76. The molecule has 2 rings (SSSR count). The van der Waals surface area contributed by atoms with Gasteiger partial charge in [-0.1, -0.05) is 12.1 Å². The summed E-state index contributed by atoms with van der Waals surface area (Å²) in [5.74, 6) is 0.939. The second-order valence-electron chi connectivity index (χ2n) is 5.66. The molecule has 0 atom stereocenters. The summed E-state index contributed by atoms with van der Waals surface area (Å²) < 4.78 is 30.3. The Morgan fingerprint density at radius 2 is 1.87 bits per heavy atom. The molecule has 0 spiro atoms. The van der Waals surface area contributed by atoms with Gasteiger partial charge < -0.3 is 9.64 Å². The molecule has 0 saturated carbocycles. The molecule has 1 heterocycles. The highest BCUT2D eigenvalue weighted by atomic mass is 32.2. The van der Waals surface area contributed by atoms with Gasteiger partial charge in [-0.15, -0.1) is 0 Å². The topological polar surface area (TPSA) is 66.9 Å². The van der Waals surface area contributed by atoms with Crippen LogP contribution in [0.1, 0.15) is 18.1 Å². The highest BCUT2D eigenvalue weighted by Gasteiger charge is 2.27. The van der Waals surface area contributed by atoms with Gasteiger partial charge in [0.15, 0.2) is 0 Å². The lowest BCUT2D eigenvalue weighted by molar-refractivity contribution is -0.131. The van der Waals surface area contributed by atoms with Gasteiger partial charge in [0.05, 0.1) is 19.3 Å². The fraction of sp³-hybridized carbons (Fsp3) is 0.562. The molecular formula is C16H24N2O4S. The standard InChI is InChI=1S/C16H24N2O4S/c1-4-23(20,21)18-9-7-17(8-10-18)16(19)12-14-5-6-15(22-3)13(2)11-14/h5-6,11H,4,7-10,12H2,1-3H3. The van der Waals surface area contributed by atoms with Gasteiger partial charge in [-0.2, -0.15) is 4.31 Å². The van der Waals surface area contributed by atoms with Crippen molar-refractivity contribution in [3.63, 3.8) is 0 Å². The van der Waals surface area contributed by atoms with Crippen LogP contribution in [-0.2, 0) is 21.2 Å². The van der Waals surface area contributed by atoms with E-state index in [0.717, 1.165) is 16.9 Å². The Morgan fingerprint density at radius 1 is 1.22 bits per heavy atom. The first kappa shape index (κ1) is 17.7. The number of piperazine rings is 1. The minimum absolute atomic E-state index is 0.0307. The fourth-order valence-corrected chi connectivity index (χ4v) is 3.82. The van der Waals surface area contributed by atoms with E-state index in [4.69, 9.17) is 4.74 Å². The molecule has 0 unspecified atom stereocenters. The van der Waals surface area contributed by atoms with Crippen molar-refractivity contribution in [2.45, 2.75) is 20.3 Å². The summed E-state index contributed by atoms with van der Waals surface area (Å²) in [5, 5.41) is 0. The molecule has 0 aromatic heterocycles. The Labute approximate surface area is 138 Å². The molecule has 0 bridgehead atoms. The molecule has 0 aliphatic carbocycles. The highest BCUT2D eigenvalue weighted by Crippen LogP contribution is 2.19. The van der Waals surface area contributed by atoms with E-state index in [0.29, 0.717) is 32.6 Å². The van der Waals surface area contributed by atoms with Crippen LogP contribution in [0.3, 0.4) is 0 Å². The van der Waals surface area contributed by atoms with Crippen molar-refractivity contribution in [2.75, 3.05) is 39.0 Å². The van der Waals surface area contributed by atoms with Crippen molar-refractivity contribution in [1.29, 1.82) is 0 Å². The summed E-state index contributed by atoms with van der Waals surface area (Å²) in [6.45, 7) is 5.24. The number of aryl methyl sites for hydroxylation is 1. The Balaban J connectivity index is 1.94. The van der Waals surface area contributed by atoms with Crippen LogP contribution in [0.4, 0.5) is 0 Å². The zero-order chi connectivity index (χ0) is 17.0. The van der Waals surface area contributed by atoms with Crippen molar-refractivity contribution in [3.8, 4) is 5.75 Å². The predicted octanol–water partition coefficient (Wildman–Crippen LogP) is 1.04. The average Bonchev–Trinajstić information content (AvgIpc) is 2.55. The van der Waals surface area contributed by atoms with Crippen molar-refractivity contribution in [2.24, 2.45) is 0 Å². The van der Waals surface area contributed by atoms with Crippen LogP contribution >= 0.6 is 0 Å². The molecule has 0 N–H and O–H groups in total. The molecule has 23 heavy (non-hydrogen) atoms. The normalized spacial score (nSPS) is 16.4. The Morgan fingerprint density at radius 3 is 2.39 bits per heavy atom. The van der Waals surface area contributed by atoms with Crippen LogP contribution in [0.5, 0.6) is 5.75 Å². The molecular weight excluding hydrogens is 316 g/mol. The number of carbonyl (C=O) groups is 1. The van der Waals surface area contributed by atoms with Crippen molar-refractivity contribution >= 4 is 15.9 Å². The number of hydrogen-bond donors (Lipinski definition) is 0. The van der Waals surface area contributed by atoms with E-state index in [1.165, 1.54) is 4.31 Å². The Bertz CT molecular complexity index is 665. The lowest BCUT2D eigenvalue weighted by Gasteiger charge is -2.34. The highest BCUT2D eigenvalue weighted by molar-refractivity contribution is 7.89. The SMILES string of the molecule is CCS(=O)(=O)N1CCN(C(=O)Cc2ccc(OC)c(C)c2)CC1. The number of amides is 1. The summed E-state index contributed by atoms with van der Waals surface area (Å²) in [5.41, 5.74) is 1.94. The minimum Gasteiger partial charge on any atom is -0.496 e. The maximum Gasteiger partial charge on any atom is 0.227 e. The van der Waals surface area contributed by atoms with E-state index in [1.807, 2.05) is 25.1 Å². The van der Waals surface area contributed by atoms with E-state index in [1.54, 1.807) is 18.9 Å². The third-order valence-electron chi connectivity index (χ3n) is 4.16. The Hall–Kier alpha value is -1.60. The first-order valence-corrected chi connectivity index (χ1v) is 9.37. The number of nitrogens with zero attached hydrogens (tertiary/aromatic N) is 2. The number of ether oxygens (including phenoxy) is 1. The molecule has 0 radical (unpaired) electrons. The zero-order valence-electron chi connectivity index (χ0n) is 13.9. The van der Waals surface area contributed by atoms with E-state index in [-0.39, 0.29) is 11.7 Å². The second-order valence-corrected chi connectivity index (χ2v) is 7.92. The molecule has 1 aromatic carbocycles. The van der Waals surface area contributed by atoms with Crippen LogP contribution in [0.15, 0.2) is 18.2 Å². The molecule has 1 aromatic rings. The summed E-state index contributed by atoms with van der Waals surface area (Å²) in [4.78, 5) is 14.1. The van der Waals surface area contributed by atoms with Gasteiger partial charge in [0.1, 0.15) is 5.75 Å². The molecule has 1 aliphatic rings. The first-order chi connectivity index (χ1) is 10.9. The van der Waals surface area contributed by atoms with Crippen molar-refractivity contribution in [3.05, 3.63) is 29.3 Å². The van der Waals surface area contributed by atoms with Crippen molar-refractivity contribution < 1.29 is 17.9 Å². The third-order valence-corrected chi connectivity index (χ3v) is 6.05. The van der Waals surface area contributed by atoms with Gasteiger partial charge in [0.25, 0.3) is 0 Å². The van der Waals surface area contributed by atoms with E-state index < -0.39 is 10.0 Å². The third kappa shape index (κ3) is 4.23. The number of hydrogen-bond acceptors (Lipinski definition) is 4. The molecule has 1 fully saturated rings. The predicted molar refractivity (Wildman–Crippen MR) is 89.0 cm³/mol. The van der Waals surface area contributed by atoms with Crippen LogP contribution in [0, 0.1) is 6.92 Å². The van der Waals surface area contributed by atoms with E-state index in [9.17, 15) is 13.2 Å². The number of rotatable bonds is 5. The van der Waals surface area contributed by atoms with Crippen LogP contribution < -0.4 is 4.74 Å². The van der Waals surface area contributed by atoms with Gasteiger partial charge in [-0.3, -0.25) is 4.79 Å². The quantitative estimate of drug-likeness (QED) is 0.803. The molecule has 1 aliphatic heterocycles. The smallest absolute Gasteiger partial charge is 0.227 e. The molecule has 1 saturated heterocycles. The second kappa shape index (κ2) is 7.31. The van der Waals surface area contributed by atoms with Gasteiger partial charge >= 0.3 is 0 Å². The Kier molecular flexibility index (Phi) is 5.64. The number of benzene rings is 1. The zero-order valence-corrected chi connectivity index (χ0v) is 14.7. The van der Waals surface area contributed by atoms with Gasteiger partial charge in [-0.25, -0.2) is 8.42 Å². The maximum absolute atomic E-state index is 12.4. The summed E-state index contributed by atoms with van der Waals surface area (Å²) in [6.07, 6.45) is 0.325. The van der Waals surface area contributed by atoms with Crippen LogP contribution in [0.2, 0.25) is 0 Å². The number of methoxy groups -OCH3 is 1. The fourth-order valence-electron chi connectivity index (χ4n) is 2.74. The summed E-state index contributed by atoms with van der Waals surface area (Å²) in [7, 11) is -1.54. The molecule has 7 heteroatoms. The summed E-state index contributed by atoms with van der Waals surface area (Å²) in [6, 6.07) is 5.71. The average molecular weight is 340 g/mol. The maximum atomic E-state index is 12.4. The van der Waals surface area contributed by atoms with E-state index in [2.05, 4.69) is 0 Å². The largest absolute Gasteiger partial charge is 0.496 e. The molecule has 6 nitrogen and oxygen atoms in total. The van der Waals surface area contributed by atoms with Crippen LogP contribution in [0.25, 0.3) is 0 Å². The summed E-state index contributed by atoms with van der Waals surface area (Å²) >= 11 is 0.